The summed E-state index contributed by atoms with van der Waals surface area (Å²) in [6.07, 6.45) is 5.92. The topological polar surface area (TPSA) is 64.0 Å². The minimum Gasteiger partial charge on any atom is -0.272 e. The van der Waals surface area contributed by atoms with Crippen molar-refractivity contribution in [2.24, 2.45) is 0 Å². The molecular formula is C10H18BrN3O2S. The predicted molar refractivity (Wildman–Crippen MR) is 71.2 cm³/mol. The molecule has 1 rings (SSSR count). The number of aromatic nitrogens is 2. The van der Waals surface area contributed by atoms with E-state index >= 15 is 0 Å². The summed E-state index contributed by atoms with van der Waals surface area (Å²) in [5, 5.41) is 4.09. The maximum absolute atomic E-state index is 11.5. The number of aryl methyl sites for hydroxylation is 1. The van der Waals surface area contributed by atoms with E-state index in [9.17, 15) is 8.42 Å². The lowest BCUT2D eigenvalue weighted by Gasteiger charge is -2.05. The smallest absolute Gasteiger partial charge is 0.211 e. The van der Waals surface area contributed by atoms with Gasteiger partial charge >= 0.3 is 0 Å². The number of nitrogens with one attached hydrogen (secondary N) is 1. The quantitative estimate of drug-likeness (QED) is 0.741. The third kappa shape index (κ3) is 6.18. The van der Waals surface area contributed by atoms with Gasteiger partial charge in [0.05, 0.1) is 16.4 Å². The molecule has 0 saturated heterocycles. The molecule has 98 valence electrons. The molecule has 0 atom stereocenters. The van der Waals surface area contributed by atoms with E-state index in [2.05, 4.69) is 25.8 Å². The fourth-order valence-corrected chi connectivity index (χ4v) is 2.93. The van der Waals surface area contributed by atoms with Crippen molar-refractivity contribution in [3.8, 4) is 0 Å². The van der Waals surface area contributed by atoms with E-state index in [0.717, 1.165) is 17.3 Å². The molecule has 0 aromatic carbocycles. The van der Waals surface area contributed by atoms with E-state index in [1.807, 2.05) is 13.1 Å². The fourth-order valence-electron chi connectivity index (χ4n) is 1.34. The van der Waals surface area contributed by atoms with Gasteiger partial charge in [-0.25, -0.2) is 13.1 Å². The zero-order valence-electron chi connectivity index (χ0n) is 9.89. The summed E-state index contributed by atoms with van der Waals surface area (Å²) in [5.41, 5.74) is 0. The zero-order valence-corrected chi connectivity index (χ0v) is 12.3. The van der Waals surface area contributed by atoms with Crippen molar-refractivity contribution < 1.29 is 8.42 Å². The molecule has 0 amide bonds. The van der Waals surface area contributed by atoms with Crippen molar-refractivity contribution in [3.63, 3.8) is 0 Å². The summed E-state index contributed by atoms with van der Waals surface area (Å²) in [7, 11) is -3.08. The lowest BCUT2D eigenvalue weighted by molar-refractivity contribution is 0.551. The van der Waals surface area contributed by atoms with Crippen molar-refractivity contribution in [3.05, 3.63) is 16.9 Å². The van der Waals surface area contributed by atoms with E-state index in [1.165, 1.54) is 0 Å². The molecule has 0 aliphatic carbocycles. The Morgan fingerprint density at radius 2 is 2.24 bits per heavy atom. The number of hydrogen-bond donors (Lipinski definition) is 1. The number of halogens is 1. The Labute approximate surface area is 111 Å². The Bertz CT molecular complexity index is 431. The first-order valence-electron chi connectivity index (χ1n) is 5.69. The highest BCUT2D eigenvalue weighted by Crippen LogP contribution is 2.06. The van der Waals surface area contributed by atoms with Crippen LogP contribution in [0.4, 0.5) is 0 Å². The third-order valence-corrected chi connectivity index (χ3v) is 4.13. The standard InChI is InChI=1S/C10H18BrN3O2S/c1-2-3-7-17(15,16)13-5-4-6-14-9-10(11)8-12-14/h8-9,13H,2-7H2,1H3. The molecule has 0 saturated carbocycles. The molecule has 0 aliphatic heterocycles. The number of rotatable bonds is 8. The second-order valence-corrected chi connectivity index (χ2v) is 6.68. The molecular weight excluding hydrogens is 306 g/mol. The van der Waals surface area contributed by atoms with E-state index in [4.69, 9.17) is 0 Å². The molecule has 0 bridgehead atoms. The van der Waals surface area contributed by atoms with Crippen LogP contribution >= 0.6 is 15.9 Å². The zero-order chi connectivity index (χ0) is 12.7. The summed E-state index contributed by atoms with van der Waals surface area (Å²) in [5.74, 6) is 0.219. The van der Waals surface area contributed by atoms with Crippen LogP contribution in [0.1, 0.15) is 26.2 Å². The SMILES string of the molecule is CCCCS(=O)(=O)NCCCn1cc(Br)cn1. The summed E-state index contributed by atoms with van der Waals surface area (Å²) in [6.45, 7) is 3.15. The van der Waals surface area contributed by atoms with Gasteiger partial charge in [0.25, 0.3) is 0 Å². The van der Waals surface area contributed by atoms with Gasteiger partial charge in [-0.05, 0) is 28.8 Å². The predicted octanol–water partition coefficient (Wildman–Crippen LogP) is 1.76. The molecule has 17 heavy (non-hydrogen) atoms. The van der Waals surface area contributed by atoms with Gasteiger partial charge in [0.2, 0.25) is 10.0 Å². The highest BCUT2D eigenvalue weighted by Gasteiger charge is 2.07. The summed E-state index contributed by atoms with van der Waals surface area (Å²) >= 11 is 3.31. The molecule has 1 aromatic rings. The Hall–Kier alpha value is -0.400. The number of sulfonamides is 1. The van der Waals surface area contributed by atoms with Crippen molar-refractivity contribution in [1.29, 1.82) is 0 Å². The van der Waals surface area contributed by atoms with Gasteiger partial charge in [-0.1, -0.05) is 13.3 Å². The van der Waals surface area contributed by atoms with Crippen LogP contribution in [0.2, 0.25) is 0 Å². The van der Waals surface area contributed by atoms with Crippen molar-refractivity contribution in [1.82, 2.24) is 14.5 Å². The highest BCUT2D eigenvalue weighted by atomic mass is 79.9. The number of hydrogen-bond acceptors (Lipinski definition) is 3. The van der Waals surface area contributed by atoms with Crippen LogP contribution in [0.25, 0.3) is 0 Å². The first kappa shape index (κ1) is 14.7. The minimum atomic E-state index is -3.08. The average Bonchev–Trinajstić information content (AvgIpc) is 2.68. The average molecular weight is 324 g/mol. The van der Waals surface area contributed by atoms with Gasteiger partial charge in [0.1, 0.15) is 0 Å². The van der Waals surface area contributed by atoms with Crippen LogP contribution in [0.5, 0.6) is 0 Å². The Morgan fingerprint density at radius 3 is 2.82 bits per heavy atom. The first-order chi connectivity index (χ1) is 8.03. The van der Waals surface area contributed by atoms with E-state index in [1.54, 1.807) is 10.9 Å². The second-order valence-electron chi connectivity index (χ2n) is 3.84. The maximum atomic E-state index is 11.5. The largest absolute Gasteiger partial charge is 0.272 e. The Kier molecular flexibility index (Phi) is 6.15. The monoisotopic (exact) mass is 323 g/mol. The van der Waals surface area contributed by atoms with E-state index in [-0.39, 0.29) is 5.75 Å². The number of unbranched alkanes of at least 4 members (excludes halogenated alkanes) is 1. The molecule has 0 spiro atoms. The van der Waals surface area contributed by atoms with E-state index < -0.39 is 10.0 Å². The molecule has 0 radical (unpaired) electrons. The third-order valence-electron chi connectivity index (χ3n) is 2.25. The molecule has 1 heterocycles. The van der Waals surface area contributed by atoms with Crippen molar-refractivity contribution in [2.75, 3.05) is 12.3 Å². The van der Waals surface area contributed by atoms with Gasteiger partial charge in [-0.15, -0.1) is 0 Å². The minimum absolute atomic E-state index is 0.219. The number of nitrogens with zero attached hydrogens (tertiary/aromatic N) is 2. The van der Waals surface area contributed by atoms with Crippen LogP contribution < -0.4 is 4.72 Å². The van der Waals surface area contributed by atoms with E-state index in [0.29, 0.717) is 19.5 Å². The first-order valence-corrected chi connectivity index (χ1v) is 8.13. The normalized spacial score (nSPS) is 11.9. The van der Waals surface area contributed by atoms with Crippen LogP contribution in [0, 0.1) is 0 Å². The summed E-state index contributed by atoms with van der Waals surface area (Å²) in [6, 6.07) is 0. The molecule has 0 fully saturated rings. The molecule has 1 N–H and O–H groups in total. The van der Waals surface area contributed by atoms with Crippen LogP contribution in [0.3, 0.4) is 0 Å². The molecule has 1 aromatic heterocycles. The van der Waals surface area contributed by atoms with Crippen molar-refractivity contribution in [2.45, 2.75) is 32.7 Å². The van der Waals surface area contributed by atoms with Gasteiger partial charge < -0.3 is 0 Å². The molecule has 0 aliphatic rings. The van der Waals surface area contributed by atoms with Crippen LogP contribution in [-0.4, -0.2) is 30.5 Å². The summed E-state index contributed by atoms with van der Waals surface area (Å²) in [4.78, 5) is 0. The van der Waals surface area contributed by atoms with Crippen LogP contribution in [0.15, 0.2) is 16.9 Å². The second kappa shape index (κ2) is 7.13. The molecule has 7 heteroatoms. The molecule has 5 nitrogen and oxygen atoms in total. The van der Waals surface area contributed by atoms with Gasteiger partial charge in [-0.3, -0.25) is 4.68 Å². The summed E-state index contributed by atoms with van der Waals surface area (Å²) < 4.78 is 28.2. The van der Waals surface area contributed by atoms with Crippen LogP contribution in [-0.2, 0) is 16.6 Å². The maximum Gasteiger partial charge on any atom is 0.211 e. The van der Waals surface area contributed by atoms with Gasteiger partial charge in [-0.2, -0.15) is 5.10 Å². The Balaban J connectivity index is 2.19. The Morgan fingerprint density at radius 1 is 1.47 bits per heavy atom. The highest BCUT2D eigenvalue weighted by molar-refractivity contribution is 9.10. The molecule has 0 unspecified atom stereocenters. The fraction of sp³-hybridized carbons (Fsp3) is 0.700. The van der Waals surface area contributed by atoms with Gasteiger partial charge in [0.15, 0.2) is 0 Å². The lowest BCUT2D eigenvalue weighted by atomic mass is 10.4. The lowest BCUT2D eigenvalue weighted by Crippen LogP contribution is -2.28. The van der Waals surface area contributed by atoms with Crippen molar-refractivity contribution >= 4 is 26.0 Å². The van der Waals surface area contributed by atoms with Gasteiger partial charge in [0, 0.05) is 19.3 Å².